The lowest BCUT2D eigenvalue weighted by atomic mass is 9.78. The first-order valence-corrected chi connectivity index (χ1v) is 10.8. The summed E-state index contributed by atoms with van der Waals surface area (Å²) in [4.78, 5) is 0. The zero-order chi connectivity index (χ0) is 18.9. The lowest BCUT2D eigenvalue weighted by molar-refractivity contribution is 0.250. The monoisotopic (exact) mass is 366 g/mol. The smallest absolute Gasteiger partial charge is 0.233 e. The van der Waals surface area contributed by atoms with Crippen LogP contribution in [-0.2, 0) is 6.42 Å². The summed E-state index contributed by atoms with van der Waals surface area (Å²) >= 11 is 0. The van der Waals surface area contributed by atoms with Gasteiger partial charge in [0, 0.05) is 11.6 Å². The van der Waals surface area contributed by atoms with Crippen LogP contribution in [0.25, 0.3) is 11.3 Å². The number of rotatable bonds is 9. The lowest BCUT2D eigenvalue weighted by Gasteiger charge is -2.28. The van der Waals surface area contributed by atoms with Crippen LogP contribution in [-0.4, -0.2) is 16.8 Å². The molecule has 3 nitrogen and oxygen atoms in total. The van der Waals surface area contributed by atoms with Gasteiger partial charge in [0.05, 0.1) is 12.3 Å². The van der Waals surface area contributed by atoms with Crippen LogP contribution >= 0.6 is 0 Å². The first-order valence-electron chi connectivity index (χ1n) is 10.8. The Morgan fingerprint density at radius 1 is 0.852 bits per heavy atom. The molecule has 0 amide bonds. The number of hydrogen-bond donors (Lipinski definition) is 0. The first-order chi connectivity index (χ1) is 13.3. The van der Waals surface area contributed by atoms with E-state index in [0.29, 0.717) is 12.5 Å². The van der Waals surface area contributed by atoms with E-state index >= 15 is 0 Å². The van der Waals surface area contributed by atoms with Crippen molar-refractivity contribution < 1.29 is 4.74 Å². The fourth-order valence-electron chi connectivity index (χ4n) is 4.21. The highest BCUT2D eigenvalue weighted by Crippen LogP contribution is 2.34. The van der Waals surface area contributed by atoms with E-state index in [9.17, 15) is 0 Å². The zero-order valence-corrected chi connectivity index (χ0v) is 17.0. The van der Waals surface area contributed by atoms with E-state index in [1.807, 2.05) is 19.1 Å². The Kier molecular flexibility index (Phi) is 7.67. The Balaban J connectivity index is 1.45. The topological polar surface area (TPSA) is 35.0 Å². The van der Waals surface area contributed by atoms with Crippen LogP contribution in [0.15, 0.2) is 36.4 Å². The van der Waals surface area contributed by atoms with Gasteiger partial charge in [0.25, 0.3) is 0 Å². The van der Waals surface area contributed by atoms with Crippen molar-refractivity contribution in [2.24, 2.45) is 11.8 Å². The highest BCUT2D eigenvalue weighted by molar-refractivity contribution is 5.59. The van der Waals surface area contributed by atoms with E-state index in [1.165, 1.54) is 63.4 Å². The highest BCUT2D eigenvalue weighted by atomic mass is 16.5. The third-order valence-corrected chi connectivity index (χ3v) is 5.96. The summed E-state index contributed by atoms with van der Waals surface area (Å²) in [6, 6.07) is 12.7. The average Bonchev–Trinajstić information content (AvgIpc) is 2.73. The van der Waals surface area contributed by atoms with Gasteiger partial charge in [0.1, 0.15) is 0 Å². The van der Waals surface area contributed by atoms with E-state index in [4.69, 9.17) is 4.74 Å². The molecule has 146 valence electrons. The number of aryl methyl sites for hydroxylation is 1. The largest absolute Gasteiger partial charge is 0.477 e. The van der Waals surface area contributed by atoms with Crippen molar-refractivity contribution in [2.75, 3.05) is 6.61 Å². The third-order valence-electron chi connectivity index (χ3n) is 5.96. The molecule has 1 aromatic carbocycles. The summed E-state index contributed by atoms with van der Waals surface area (Å²) in [5, 5.41) is 8.39. The summed E-state index contributed by atoms with van der Waals surface area (Å²) in [5.74, 6) is 2.53. The second-order valence-corrected chi connectivity index (χ2v) is 7.95. The van der Waals surface area contributed by atoms with Crippen molar-refractivity contribution in [3.8, 4) is 17.1 Å². The van der Waals surface area contributed by atoms with Crippen molar-refractivity contribution >= 4 is 0 Å². The van der Waals surface area contributed by atoms with Crippen LogP contribution in [0, 0.1) is 11.8 Å². The molecule has 0 spiro atoms. The molecule has 0 N–H and O–H groups in total. The van der Waals surface area contributed by atoms with Gasteiger partial charge in [-0.1, -0.05) is 76.1 Å². The Morgan fingerprint density at radius 3 is 2.15 bits per heavy atom. The van der Waals surface area contributed by atoms with E-state index in [1.54, 1.807) is 0 Å². The molecule has 27 heavy (non-hydrogen) atoms. The molecule has 1 saturated carbocycles. The number of nitrogens with zero attached hydrogens (tertiary/aromatic N) is 2. The van der Waals surface area contributed by atoms with Gasteiger partial charge in [-0.3, -0.25) is 0 Å². The predicted molar refractivity (Wildman–Crippen MR) is 112 cm³/mol. The zero-order valence-electron chi connectivity index (χ0n) is 17.0. The van der Waals surface area contributed by atoms with Gasteiger partial charge in [-0.2, -0.15) is 0 Å². The maximum atomic E-state index is 5.36. The molecule has 0 radical (unpaired) electrons. The van der Waals surface area contributed by atoms with Gasteiger partial charge in [0.15, 0.2) is 0 Å². The summed E-state index contributed by atoms with van der Waals surface area (Å²) in [6.45, 7) is 4.87. The van der Waals surface area contributed by atoms with Crippen molar-refractivity contribution in [1.82, 2.24) is 10.2 Å². The van der Waals surface area contributed by atoms with Gasteiger partial charge in [-0.05, 0) is 43.2 Å². The number of aromatic nitrogens is 2. The number of unbranched alkanes of at least 4 members (excludes halogenated alkanes) is 1. The molecule has 0 aliphatic heterocycles. The second-order valence-electron chi connectivity index (χ2n) is 7.95. The molecule has 1 fully saturated rings. The molecule has 1 aliphatic rings. The number of benzene rings is 1. The van der Waals surface area contributed by atoms with Crippen LogP contribution in [0.2, 0.25) is 0 Å². The molecule has 1 heterocycles. The molecule has 0 unspecified atom stereocenters. The van der Waals surface area contributed by atoms with Gasteiger partial charge < -0.3 is 4.74 Å². The molecule has 3 heteroatoms. The number of hydrogen-bond acceptors (Lipinski definition) is 3. The van der Waals surface area contributed by atoms with Gasteiger partial charge in [-0.25, -0.2) is 0 Å². The molecule has 1 aromatic heterocycles. The Morgan fingerprint density at radius 2 is 1.56 bits per heavy atom. The van der Waals surface area contributed by atoms with Gasteiger partial charge in [0.2, 0.25) is 5.88 Å². The summed E-state index contributed by atoms with van der Waals surface area (Å²) < 4.78 is 5.36. The molecular formula is C24H34N2O. The molecule has 0 saturated heterocycles. The summed E-state index contributed by atoms with van der Waals surface area (Å²) in [7, 11) is 0. The highest BCUT2D eigenvalue weighted by Gasteiger charge is 2.20. The minimum absolute atomic E-state index is 0.585. The van der Waals surface area contributed by atoms with Gasteiger partial charge in [-0.15, -0.1) is 10.2 Å². The Bertz CT molecular complexity index is 658. The molecule has 0 bridgehead atoms. The Hall–Kier alpha value is -1.90. The average molecular weight is 367 g/mol. The van der Waals surface area contributed by atoms with E-state index in [2.05, 4.69) is 41.4 Å². The minimum atomic E-state index is 0.585. The van der Waals surface area contributed by atoms with Gasteiger partial charge >= 0.3 is 0 Å². The van der Waals surface area contributed by atoms with E-state index in [-0.39, 0.29) is 0 Å². The number of ether oxygens (including phenoxy) is 1. The van der Waals surface area contributed by atoms with Crippen LogP contribution in [0.1, 0.15) is 70.8 Å². The van der Waals surface area contributed by atoms with Crippen molar-refractivity contribution in [2.45, 2.75) is 71.6 Å². The first kappa shape index (κ1) is 19.9. The quantitative estimate of drug-likeness (QED) is 0.510. The molecular weight excluding hydrogens is 332 g/mol. The van der Waals surface area contributed by atoms with Crippen molar-refractivity contribution in [1.29, 1.82) is 0 Å². The van der Waals surface area contributed by atoms with E-state index in [0.717, 1.165) is 23.1 Å². The molecule has 0 atom stereocenters. The normalized spacial score (nSPS) is 19.8. The lowest BCUT2D eigenvalue weighted by Crippen LogP contribution is -2.15. The van der Waals surface area contributed by atoms with Crippen LogP contribution in [0.5, 0.6) is 5.88 Å². The van der Waals surface area contributed by atoms with Crippen LogP contribution in [0.3, 0.4) is 0 Å². The standard InChI is InChI=1S/C24H34N2O/c1-3-5-6-19-7-9-20(10-8-19)11-12-21-13-15-22(16-14-21)23-17-18-24(26-25-23)27-4-2/h13-20H,3-12H2,1-2H3/t19-,20-. The fourth-order valence-corrected chi connectivity index (χ4v) is 4.21. The fraction of sp³-hybridized carbons (Fsp3) is 0.583. The van der Waals surface area contributed by atoms with Crippen LogP contribution in [0.4, 0.5) is 0 Å². The summed E-state index contributed by atoms with van der Waals surface area (Å²) in [6.07, 6.45) is 12.5. The predicted octanol–water partition coefficient (Wildman–Crippen LogP) is 6.47. The maximum absolute atomic E-state index is 5.36. The minimum Gasteiger partial charge on any atom is -0.477 e. The molecule has 3 rings (SSSR count). The maximum Gasteiger partial charge on any atom is 0.233 e. The Labute approximate surface area is 164 Å². The SMILES string of the molecule is CCCC[C@H]1CC[C@H](CCc2ccc(-c3ccc(OCC)nn3)cc2)CC1. The van der Waals surface area contributed by atoms with E-state index < -0.39 is 0 Å². The molecule has 2 aromatic rings. The van der Waals surface area contributed by atoms with Crippen molar-refractivity contribution in [3.05, 3.63) is 42.0 Å². The second kappa shape index (κ2) is 10.4. The summed E-state index contributed by atoms with van der Waals surface area (Å²) in [5.41, 5.74) is 3.45. The third kappa shape index (κ3) is 6.05. The van der Waals surface area contributed by atoms with Crippen LogP contribution < -0.4 is 4.74 Å². The van der Waals surface area contributed by atoms with Crippen molar-refractivity contribution in [3.63, 3.8) is 0 Å². The molecule has 1 aliphatic carbocycles.